The first-order valence-electron chi connectivity index (χ1n) is 9.08. The van der Waals surface area contributed by atoms with Crippen molar-refractivity contribution in [1.29, 1.82) is 0 Å². The molecule has 0 saturated carbocycles. The van der Waals surface area contributed by atoms with Gasteiger partial charge in [-0.3, -0.25) is 14.5 Å². The Kier molecular flexibility index (Phi) is 7.49. The minimum atomic E-state index is -0.587. The third-order valence-electron chi connectivity index (χ3n) is 5.00. The molecule has 130 valence electrons. The Morgan fingerprint density at radius 2 is 1.87 bits per heavy atom. The van der Waals surface area contributed by atoms with Crippen molar-refractivity contribution in [2.75, 3.05) is 0 Å². The molecule has 2 atom stereocenters. The number of nitrogens with zero attached hydrogens (tertiary/aromatic N) is 1. The third kappa shape index (κ3) is 5.47. The van der Waals surface area contributed by atoms with E-state index in [0.29, 0.717) is 12.8 Å². The van der Waals surface area contributed by atoms with Crippen LogP contribution in [-0.2, 0) is 14.4 Å². The number of unbranched alkanes of at least 4 members (excludes halogenated alkanes) is 4. The Bertz CT molecular complexity index is 448. The normalized spacial score (nSPS) is 20.2. The summed E-state index contributed by atoms with van der Waals surface area (Å²) in [5.41, 5.74) is -0.486. The molecule has 4 nitrogen and oxygen atoms in total. The summed E-state index contributed by atoms with van der Waals surface area (Å²) in [5, 5.41) is 0. The van der Waals surface area contributed by atoms with Crippen molar-refractivity contribution in [3.8, 4) is 0 Å². The van der Waals surface area contributed by atoms with E-state index in [2.05, 4.69) is 6.92 Å². The van der Waals surface area contributed by atoms with Crippen LogP contribution in [0, 0.1) is 11.8 Å². The van der Waals surface area contributed by atoms with E-state index in [1.165, 1.54) is 24.2 Å². The van der Waals surface area contributed by atoms with Crippen LogP contribution in [0.4, 0.5) is 0 Å². The van der Waals surface area contributed by atoms with Crippen molar-refractivity contribution in [1.82, 2.24) is 4.90 Å². The van der Waals surface area contributed by atoms with Gasteiger partial charge < -0.3 is 4.79 Å². The molecule has 1 fully saturated rings. The minimum absolute atomic E-state index is 0.0359. The second-order valence-corrected chi connectivity index (χ2v) is 7.70. The van der Waals surface area contributed by atoms with Crippen LogP contribution in [0.2, 0.25) is 0 Å². The highest BCUT2D eigenvalue weighted by atomic mass is 16.2. The predicted molar refractivity (Wildman–Crippen MR) is 94.7 cm³/mol. The lowest BCUT2D eigenvalue weighted by atomic mass is 9.81. The van der Waals surface area contributed by atoms with Crippen LogP contribution in [0.15, 0.2) is 0 Å². The van der Waals surface area contributed by atoms with Crippen LogP contribution in [-0.4, -0.2) is 35.8 Å². The first kappa shape index (κ1) is 19.9. The second-order valence-electron chi connectivity index (χ2n) is 7.70. The van der Waals surface area contributed by atoms with Gasteiger partial charge in [0.05, 0.1) is 5.68 Å². The summed E-state index contributed by atoms with van der Waals surface area (Å²) >= 11 is 0. The van der Waals surface area contributed by atoms with Gasteiger partial charge in [0.15, 0.2) is 7.85 Å². The maximum absolute atomic E-state index is 12.7. The van der Waals surface area contributed by atoms with Crippen LogP contribution < -0.4 is 0 Å². The zero-order valence-electron chi connectivity index (χ0n) is 15.5. The van der Waals surface area contributed by atoms with Gasteiger partial charge >= 0.3 is 0 Å². The fourth-order valence-electron chi connectivity index (χ4n) is 3.53. The third-order valence-corrected chi connectivity index (χ3v) is 5.00. The average molecular weight is 321 g/mol. The van der Waals surface area contributed by atoms with Gasteiger partial charge in [-0.1, -0.05) is 46.0 Å². The summed E-state index contributed by atoms with van der Waals surface area (Å²) < 4.78 is 0. The fourth-order valence-corrected chi connectivity index (χ4v) is 3.53. The largest absolute Gasteiger partial charge is 0.312 e. The molecule has 0 spiro atoms. The lowest BCUT2D eigenvalue weighted by molar-refractivity contribution is -0.146. The summed E-state index contributed by atoms with van der Waals surface area (Å²) in [5.74, 6) is -0.407. The van der Waals surface area contributed by atoms with E-state index in [1.54, 1.807) is 7.85 Å². The molecule has 0 aliphatic carbocycles. The zero-order valence-corrected chi connectivity index (χ0v) is 15.5. The Balaban J connectivity index is 2.61. The van der Waals surface area contributed by atoms with Crippen LogP contribution in [0.5, 0.6) is 0 Å². The number of likely N-dealkylation sites (tertiary alicyclic amines) is 1. The van der Waals surface area contributed by atoms with Crippen molar-refractivity contribution in [3.05, 3.63) is 0 Å². The van der Waals surface area contributed by atoms with Crippen molar-refractivity contribution in [2.24, 2.45) is 11.8 Å². The van der Waals surface area contributed by atoms with E-state index in [1.807, 2.05) is 20.8 Å². The smallest absolute Gasteiger partial charge is 0.233 e. The Morgan fingerprint density at radius 3 is 2.43 bits per heavy atom. The molecule has 0 aromatic carbocycles. The van der Waals surface area contributed by atoms with Crippen LogP contribution in [0.25, 0.3) is 0 Å². The summed E-state index contributed by atoms with van der Waals surface area (Å²) in [6.07, 6.45) is 7.47. The Morgan fingerprint density at radius 1 is 1.26 bits per heavy atom. The molecular weight excluding hydrogens is 289 g/mol. The number of rotatable bonds is 10. The molecule has 0 aromatic heterocycles. The molecule has 0 aromatic rings. The molecule has 0 radical (unpaired) electrons. The number of carbonyl (C=O) groups excluding carboxylic acids is 3. The lowest BCUT2D eigenvalue weighted by Gasteiger charge is -2.36. The lowest BCUT2D eigenvalue weighted by Crippen LogP contribution is -2.49. The second kappa shape index (κ2) is 8.65. The van der Waals surface area contributed by atoms with E-state index >= 15 is 0 Å². The highest BCUT2D eigenvalue weighted by Gasteiger charge is 2.45. The monoisotopic (exact) mass is 321 g/mol. The van der Waals surface area contributed by atoms with Crippen LogP contribution in [0.3, 0.4) is 0 Å². The highest BCUT2D eigenvalue weighted by Crippen LogP contribution is 2.34. The SMILES string of the molecule is BC(=O)C(C)CC(C)(C)N1C(=O)CC(CCCCCCC)C1=O. The maximum atomic E-state index is 12.7. The number of imide groups is 1. The van der Waals surface area contributed by atoms with Gasteiger partial charge in [-0.15, -0.1) is 0 Å². The van der Waals surface area contributed by atoms with Crippen molar-refractivity contribution in [2.45, 2.75) is 84.6 Å². The predicted octanol–water partition coefficient (Wildman–Crippen LogP) is 2.69. The van der Waals surface area contributed by atoms with Crippen molar-refractivity contribution >= 4 is 25.3 Å². The standard InChI is InChI=1S/C18H32BNO3/c1-5-6-7-8-9-10-14-11-15(21)20(17(14)23)18(3,4)12-13(2)16(19)22/h13-14H,5-12,19H2,1-4H3. The molecule has 1 heterocycles. The van der Waals surface area contributed by atoms with Gasteiger partial charge in [0.25, 0.3) is 0 Å². The summed E-state index contributed by atoms with van der Waals surface area (Å²) in [4.78, 5) is 37.9. The van der Waals surface area contributed by atoms with Crippen LogP contribution >= 0.6 is 0 Å². The van der Waals surface area contributed by atoms with E-state index in [4.69, 9.17) is 0 Å². The summed E-state index contributed by atoms with van der Waals surface area (Å²) in [7, 11) is 1.56. The number of amides is 2. The fraction of sp³-hybridized carbons (Fsp3) is 0.833. The summed E-state index contributed by atoms with van der Waals surface area (Å²) in [6.45, 7) is 7.83. The quantitative estimate of drug-likeness (QED) is 0.353. The van der Waals surface area contributed by atoms with E-state index < -0.39 is 5.54 Å². The molecule has 1 saturated heterocycles. The first-order valence-corrected chi connectivity index (χ1v) is 9.08. The maximum Gasteiger partial charge on any atom is 0.233 e. The van der Waals surface area contributed by atoms with Gasteiger partial charge in [0.1, 0.15) is 0 Å². The van der Waals surface area contributed by atoms with E-state index in [-0.39, 0.29) is 29.3 Å². The molecule has 1 aliphatic heterocycles. The van der Waals surface area contributed by atoms with Crippen molar-refractivity contribution in [3.63, 3.8) is 0 Å². The van der Waals surface area contributed by atoms with Crippen molar-refractivity contribution < 1.29 is 14.4 Å². The summed E-state index contributed by atoms with van der Waals surface area (Å²) in [6, 6.07) is 0. The van der Waals surface area contributed by atoms with Gasteiger partial charge in [-0.2, -0.15) is 0 Å². The molecule has 1 rings (SSSR count). The molecule has 2 unspecified atom stereocenters. The van der Waals surface area contributed by atoms with Gasteiger partial charge in [0, 0.05) is 23.8 Å². The number of hydrogen-bond acceptors (Lipinski definition) is 3. The Labute approximate surface area is 141 Å². The molecule has 0 bridgehead atoms. The Hall–Kier alpha value is -1.13. The van der Waals surface area contributed by atoms with E-state index in [0.717, 1.165) is 19.3 Å². The number of hydrogen-bond donors (Lipinski definition) is 0. The minimum Gasteiger partial charge on any atom is -0.312 e. The molecule has 1 aliphatic rings. The van der Waals surface area contributed by atoms with E-state index in [9.17, 15) is 14.4 Å². The molecule has 23 heavy (non-hydrogen) atoms. The van der Waals surface area contributed by atoms with Gasteiger partial charge in [-0.25, -0.2) is 0 Å². The van der Waals surface area contributed by atoms with Gasteiger partial charge in [0.2, 0.25) is 11.8 Å². The first-order chi connectivity index (χ1) is 10.7. The molecule has 2 amide bonds. The number of carbonyl (C=O) groups is 3. The topological polar surface area (TPSA) is 54.5 Å². The average Bonchev–Trinajstić information content (AvgIpc) is 2.73. The zero-order chi connectivity index (χ0) is 17.6. The van der Waals surface area contributed by atoms with Gasteiger partial charge in [-0.05, 0) is 26.7 Å². The molecule has 5 heteroatoms. The highest BCUT2D eigenvalue weighted by molar-refractivity contribution is 6.58. The molecule has 0 N–H and O–H groups in total. The molecular formula is C18H32BNO3. The van der Waals surface area contributed by atoms with Crippen LogP contribution in [0.1, 0.15) is 79.1 Å².